The van der Waals surface area contributed by atoms with Gasteiger partial charge in [-0.3, -0.25) is 15.0 Å². The van der Waals surface area contributed by atoms with Crippen LogP contribution in [0.1, 0.15) is 5.56 Å². The molecule has 0 spiro atoms. The number of anilines is 1. The molecule has 10 heteroatoms. The van der Waals surface area contributed by atoms with Gasteiger partial charge in [-0.25, -0.2) is 9.78 Å². The van der Waals surface area contributed by atoms with Gasteiger partial charge in [0.05, 0.1) is 12.7 Å². The Balaban J connectivity index is 1.84. The quantitative estimate of drug-likeness (QED) is 0.743. The van der Waals surface area contributed by atoms with Crippen LogP contribution in [-0.2, 0) is 15.7 Å². The Hall–Kier alpha value is -2.36. The summed E-state index contributed by atoms with van der Waals surface area (Å²) in [4.78, 5) is 28.1. The second-order valence-electron chi connectivity index (χ2n) is 5.41. The first kappa shape index (κ1) is 18.0. The predicted octanol–water partition coefficient (Wildman–Crippen LogP) is -0.893. The normalized spacial score (nSPS) is 15.9. The average molecular weight is 348 g/mol. The predicted molar refractivity (Wildman–Crippen MR) is 76.3 cm³/mol. The fraction of sp³-hybridized carbons (Fsp3) is 0.500. The first-order chi connectivity index (χ1) is 11.3. The van der Waals surface area contributed by atoms with Crippen molar-refractivity contribution in [3.05, 3.63) is 23.9 Å². The minimum Gasteiger partial charge on any atom is -0.453 e. The Morgan fingerprint density at radius 1 is 1.33 bits per heavy atom. The lowest BCUT2D eigenvalue weighted by Crippen LogP contribution is -3.16. The van der Waals surface area contributed by atoms with Gasteiger partial charge in [0, 0.05) is 6.07 Å². The molecule has 2 rings (SSSR count). The van der Waals surface area contributed by atoms with E-state index in [0.29, 0.717) is 32.0 Å². The van der Waals surface area contributed by atoms with E-state index in [1.54, 1.807) is 0 Å². The summed E-state index contributed by atoms with van der Waals surface area (Å²) < 4.78 is 42.0. The van der Waals surface area contributed by atoms with Crippen LogP contribution in [0.15, 0.2) is 18.3 Å². The summed E-state index contributed by atoms with van der Waals surface area (Å²) in [6.45, 7) is 2.57. The Morgan fingerprint density at radius 2 is 2.00 bits per heavy atom. The number of ether oxygens (including phenoxy) is 1. The first-order valence-electron chi connectivity index (χ1n) is 7.35. The number of alkyl halides is 3. The van der Waals surface area contributed by atoms with Crippen LogP contribution in [0.5, 0.6) is 0 Å². The molecule has 132 valence electrons. The number of amides is 2. The van der Waals surface area contributed by atoms with Crippen molar-refractivity contribution in [2.24, 2.45) is 0 Å². The number of aromatic nitrogens is 1. The summed E-state index contributed by atoms with van der Waals surface area (Å²) in [7, 11) is 1.18. The first-order valence-corrected chi connectivity index (χ1v) is 7.35. The molecule has 0 atom stereocenters. The number of carbonyl (C=O) groups is 2. The molecule has 1 aliphatic heterocycles. The SMILES string of the molecule is COC(=O)NC(=O)C[NH+]1CCN(c2ccc(C(F)(F)F)c[nH+]2)CC1. The fourth-order valence-corrected chi connectivity index (χ4v) is 2.47. The number of quaternary nitrogens is 1. The topological polar surface area (TPSA) is 77.2 Å². The van der Waals surface area contributed by atoms with Gasteiger partial charge < -0.3 is 9.64 Å². The van der Waals surface area contributed by atoms with E-state index in [0.717, 1.165) is 17.2 Å². The maximum Gasteiger partial charge on any atom is 0.419 e. The van der Waals surface area contributed by atoms with Crippen LogP contribution in [0.2, 0.25) is 0 Å². The van der Waals surface area contributed by atoms with Crippen LogP contribution in [0.3, 0.4) is 0 Å². The molecule has 0 unspecified atom stereocenters. The van der Waals surface area contributed by atoms with Gasteiger partial charge in [0.15, 0.2) is 6.54 Å². The maximum absolute atomic E-state index is 12.5. The Bertz CT molecular complexity index is 584. The minimum atomic E-state index is -4.37. The Kier molecular flexibility index (Phi) is 5.60. The molecule has 24 heavy (non-hydrogen) atoms. The molecule has 3 N–H and O–H groups in total. The zero-order valence-corrected chi connectivity index (χ0v) is 13.1. The maximum atomic E-state index is 12.5. The van der Waals surface area contributed by atoms with Crippen molar-refractivity contribution in [3.63, 3.8) is 0 Å². The van der Waals surface area contributed by atoms with E-state index >= 15 is 0 Å². The Morgan fingerprint density at radius 3 is 2.50 bits per heavy atom. The van der Waals surface area contributed by atoms with Gasteiger partial charge >= 0.3 is 12.3 Å². The van der Waals surface area contributed by atoms with Crippen molar-refractivity contribution in [1.29, 1.82) is 0 Å². The average Bonchev–Trinajstić information content (AvgIpc) is 2.54. The van der Waals surface area contributed by atoms with Crippen LogP contribution < -0.4 is 20.1 Å². The van der Waals surface area contributed by atoms with E-state index in [1.807, 2.05) is 4.90 Å². The van der Waals surface area contributed by atoms with E-state index in [9.17, 15) is 22.8 Å². The van der Waals surface area contributed by atoms with E-state index in [1.165, 1.54) is 13.2 Å². The highest BCUT2D eigenvalue weighted by Gasteiger charge is 2.33. The van der Waals surface area contributed by atoms with Crippen molar-refractivity contribution < 1.29 is 37.4 Å². The smallest absolute Gasteiger partial charge is 0.419 e. The van der Waals surface area contributed by atoms with E-state index in [2.05, 4.69) is 15.0 Å². The molecule has 2 amide bonds. The molecule has 1 aliphatic rings. The number of rotatable bonds is 3. The molecule has 1 aromatic rings. The number of pyridine rings is 1. The van der Waals surface area contributed by atoms with Crippen molar-refractivity contribution in [3.8, 4) is 0 Å². The summed E-state index contributed by atoms with van der Waals surface area (Å²) in [5, 5.41) is 2.09. The van der Waals surface area contributed by atoms with Gasteiger partial charge in [-0.05, 0) is 6.07 Å². The van der Waals surface area contributed by atoms with E-state index in [4.69, 9.17) is 0 Å². The number of carbonyl (C=O) groups excluding carboxylic acids is 2. The molecule has 0 radical (unpaired) electrons. The van der Waals surface area contributed by atoms with Gasteiger partial charge in [0.25, 0.3) is 11.7 Å². The molecule has 1 aromatic heterocycles. The highest BCUT2D eigenvalue weighted by molar-refractivity contribution is 5.92. The lowest BCUT2D eigenvalue weighted by Gasteiger charge is -2.27. The van der Waals surface area contributed by atoms with Crippen LogP contribution in [0.4, 0.5) is 23.8 Å². The second kappa shape index (κ2) is 7.47. The lowest BCUT2D eigenvalue weighted by atomic mass is 10.2. The van der Waals surface area contributed by atoms with Crippen LogP contribution in [0.25, 0.3) is 0 Å². The third-order valence-electron chi connectivity index (χ3n) is 3.77. The number of alkyl carbamates (subject to hydrolysis) is 1. The number of piperazine rings is 1. The number of nitrogens with one attached hydrogen (secondary N) is 3. The highest BCUT2D eigenvalue weighted by Crippen LogP contribution is 2.28. The fourth-order valence-electron chi connectivity index (χ4n) is 2.47. The molecule has 0 bridgehead atoms. The summed E-state index contributed by atoms with van der Waals surface area (Å²) in [5.41, 5.74) is -0.727. The molecule has 0 aliphatic carbocycles. The van der Waals surface area contributed by atoms with Gasteiger partial charge in [0.2, 0.25) is 0 Å². The van der Waals surface area contributed by atoms with Crippen molar-refractivity contribution in [1.82, 2.24) is 5.32 Å². The minimum absolute atomic E-state index is 0.139. The highest BCUT2D eigenvalue weighted by atomic mass is 19.4. The number of H-pyrrole nitrogens is 1. The molecule has 1 fully saturated rings. The molecule has 2 heterocycles. The summed E-state index contributed by atoms with van der Waals surface area (Å²) in [6, 6.07) is 2.44. The Labute approximate surface area is 136 Å². The number of imide groups is 1. The van der Waals surface area contributed by atoms with Crippen LogP contribution >= 0.6 is 0 Å². The number of aromatic amines is 1. The zero-order chi connectivity index (χ0) is 17.7. The summed E-state index contributed by atoms with van der Waals surface area (Å²) in [6.07, 6.45) is -4.22. The van der Waals surface area contributed by atoms with Gasteiger partial charge in [0.1, 0.15) is 32.4 Å². The lowest BCUT2D eigenvalue weighted by molar-refractivity contribution is -0.892. The third kappa shape index (κ3) is 4.82. The van der Waals surface area contributed by atoms with E-state index in [-0.39, 0.29) is 6.54 Å². The number of nitrogens with zero attached hydrogens (tertiary/aromatic N) is 1. The summed E-state index contributed by atoms with van der Waals surface area (Å²) >= 11 is 0. The molecule has 1 saturated heterocycles. The number of hydrogen-bond donors (Lipinski definition) is 2. The van der Waals surface area contributed by atoms with Crippen molar-refractivity contribution in [2.45, 2.75) is 6.18 Å². The standard InChI is InChI=1S/C14H17F3N4O3/c1-24-13(23)19-12(22)9-20-4-6-21(7-5-20)11-3-2-10(8-18-11)14(15,16)17/h2-3,8H,4-7,9H2,1H3,(H,19,22,23)/p+2. The largest absolute Gasteiger partial charge is 0.453 e. The van der Waals surface area contributed by atoms with Crippen LogP contribution in [-0.4, -0.2) is 51.8 Å². The summed E-state index contributed by atoms with van der Waals surface area (Å²) in [5.74, 6) is 0.174. The number of hydrogen-bond acceptors (Lipinski definition) is 4. The van der Waals surface area contributed by atoms with Gasteiger partial charge in [-0.1, -0.05) is 0 Å². The van der Waals surface area contributed by atoms with E-state index < -0.39 is 23.7 Å². The molecule has 7 nitrogen and oxygen atoms in total. The third-order valence-corrected chi connectivity index (χ3v) is 3.77. The number of methoxy groups -OCH3 is 1. The monoisotopic (exact) mass is 348 g/mol. The molecule has 0 saturated carbocycles. The van der Waals surface area contributed by atoms with Crippen molar-refractivity contribution >= 4 is 17.8 Å². The molecular formula is C14H19F3N4O3+2. The van der Waals surface area contributed by atoms with Crippen molar-refractivity contribution in [2.75, 3.05) is 44.7 Å². The van der Waals surface area contributed by atoms with Gasteiger partial charge in [-0.15, -0.1) is 0 Å². The zero-order valence-electron chi connectivity index (χ0n) is 13.1. The second-order valence-corrected chi connectivity index (χ2v) is 5.41. The molecule has 0 aromatic carbocycles. The molecular weight excluding hydrogens is 329 g/mol. The van der Waals surface area contributed by atoms with Gasteiger partial charge in [-0.2, -0.15) is 13.2 Å². The van der Waals surface area contributed by atoms with Crippen LogP contribution in [0, 0.1) is 0 Å². The number of halogens is 3.